The molecule has 0 saturated heterocycles. The molecule has 7 nitrogen and oxygen atoms in total. The summed E-state index contributed by atoms with van der Waals surface area (Å²) in [5.74, 6) is 0.955. The van der Waals surface area contributed by atoms with E-state index in [1.807, 2.05) is 6.92 Å². The van der Waals surface area contributed by atoms with Crippen LogP contribution in [0.1, 0.15) is 6.92 Å². The molecule has 0 fully saturated rings. The summed E-state index contributed by atoms with van der Waals surface area (Å²) in [5.41, 5.74) is 4.88. The molecule has 8 heteroatoms. The van der Waals surface area contributed by atoms with E-state index in [1.165, 1.54) is 16.3 Å². The van der Waals surface area contributed by atoms with Crippen LogP contribution < -0.4 is 11.3 Å². The molecule has 3 N–H and O–H groups in total. The summed E-state index contributed by atoms with van der Waals surface area (Å²) >= 11 is 1.48. The van der Waals surface area contributed by atoms with Crippen LogP contribution in [0.2, 0.25) is 0 Å². The van der Waals surface area contributed by atoms with E-state index < -0.39 is 5.56 Å². The largest absolute Gasteiger partial charge is 0.378 e. The number of nitrogens with two attached hydrogens (primary N) is 1. The SMILES string of the molecule is CCSc1nc2nnc(N)c(=O)n2[nH]1. The Morgan fingerprint density at radius 3 is 3.07 bits per heavy atom. The number of H-pyrrole nitrogens is 1. The Morgan fingerprint density at radius 2 is 2.36 bits per heavy atom. The Balaban J connectivity index is 2.65. The van der Waals surface area contributed by atoms with Gasteiger partial charge in [-0.15, -0.1) is 10.2 Å². The van der Waals surface area contributed by atoms with Crippen LogP contribution in [0, 0.1) is 0 Å². The molecule has 0 unspecified atom stereocenters. The molecule has 0 aliphatic heterocycles. The van der Waals surface area contributed by atoms with Crippen molar-refractivity contribution in [2.75, 3.05) is 11.5 Å². The molecule has 0 spiro atoms. The second kappa shape index (κ2) is 3.29. The number of nitrogens with one attached hydrogen (secondary N) is 1. The number of aromatic nitrogens is 5. The van der Waals surface area contributed by atoms with Crippen molar-refractivity contribution in [1.82, 2.24) is 24.8 Å². The molecule has 0 saturated carbocycles. The molecule has 2 heterocycles. The highest BCUT2D eigenvalue weighted by molar-refractivity contribution is 7.99. The maximum Gasteiger partial charge on any atom is 0.316 e. The second-order valence-electron chi connectivity index (χ2n) is 2.49. The lowest BCUT2D eigenvalue weighted by Gasteiger charge is -1.90. The van der Waals surface area contributed by atoms with E-state index in [-0.39, 0.29) is 11.6 Å². The van der Waals surface area contributed by atoms with Gasteiger partial charge in [0.05, 0.1) is 0 Å². The summed E-state index contributed by atoms with van der Waals surface area (Å²) in [7, 11) is 0. The van der Waals surface area contributed by atoms with Crippen LogP contribution in [0.25, 0.3) is 5.78 Å². The van der Waals surface area contributed by atoms with Crippen LogP contribution in [-0.4, -0.2) is 30.5 Å². The Labute approximate surface area is 82.7 Å². The Morgan fingerprint density at radius 1 is 1.57 bits per heavy atom. The maximum absolute atomic E-state index is 11.4. The third kappa shape index (κ3) is 1.33. The molecule has 74 valence electrons. The predicted octanol–water partition coefficient (Wildman–Crippen LogP) is -0.493. The van der Waals surface area contributed by atoms with Gasteiger partial charge in [0.25, 0.3) is 5.78 Å². The van der Waals surface area contributed by atoms with E-state index in [1.54, 1.807) is 0 Å². The monoisotopic (exact) mass is 212 g/mol. The number of nitrogens with zero attached hydrogens (tertiary/aromatic N) is 4. The number of fused-ring (bicyclic) bond motifs is 1. The molecule has 0 aliphatic carbocycles. The van der Waals surface area contributed by atoms with Crippen molar-refractivity contribution in [3.05, 3.63) is 10.4 Å². The van der Waals surface area contributed by atoms with Gasteiger partial charge in [-0.2, -0.15) is 9.50 Å². The summed E-state index contributed by atoms with van der Waals surface area (Å²) in [6, 6.07) is 0. The van der Waals surface area contributed by atoms with Gasteiger partial charge in [0, 0.05) is 0 Å². The molecule has 2 aromatic heterocycles. The van der Waals surface area contributed by atoms with Crippen molar-refractivity contribution >= 4 is 23.4 Å². The first-order valence-electron chi connectivity index (χ1n) is 3.96. The van der Waals surface area contributed by atoms with E-state index in [2.05, 4.69) is 20.3 Å². The van der Waals surface area contributed by atoms with E-state index in [4.69, 9.17) is 5.73 Å². The topological polar surface area (TPSA) is 102 Å². The second-order valence-corrected chi connectivity index (χ2v) is 3.74. The highest BCUT2D eigenvalue weighted by Crippen LogP contribution is 2.11. The van der Waals surface area contributed by atoms with Crippen molar-refractivity contribution in [3.63, 3.8) is 0 Å². The van der Waals surface area contributed by atoms with Crippen LogP contribution in [0.3, 0.4) is 0 Å². The van der Waals surface area contributed by atoms with Crippen molar-refractivity contribution in [1.29, 1.82) is 0 Å². The van der Waals surface area contributed by atoms with Gasteiger partial charge in [0.15, 0.2) is 5.16 Å². The average molecular weight is 212 g/mol. The normalized spacial score (nSPS) is 10.9. The van der Waals surface area contributed by atoms with Gasteiger partial charge in [-0.05, 0) is 5.75 Å². The standard InChI is InChI=1S/C6H8N6OS/c1-2-14-6-8-5-10-9-3(7)4(13)12(5)11-6/h2H2,1H3,(H2,7,9)(H,8,10,11). The number of anilines is 1. The molecule has 0 radical (unpaired) electrons. The van der Waals surface area contributed by atoms with Gasteiger partial charge in [0.1, 0.15) is 0 Å². The molecule has 2 aromatic rings. The molecule has 2 rings (SSSR count). The smallest absolute Gasteiger partial charge is 0.316 e. The van der Waals surface area contributed by atoms with Gasteiger partial charge in [-0.25, -0.2) is 0 Å². The van der Waals surface area contributed by atoms with Crippen molar-refractivity contribution in [2.45, 2.75) is 12.1 Å². The zero-order valence-electron chi connectivity index (χ0n) is 7.39. The summed E-state index contributed by atoms with van der Waals surface area (Å²) < 4.78 is 1.18. The highest BCUT2D eigenvalue weighted by atomic mass is 32.2. The first-order valence-corrected chi connectivity index (χ1v) is 4.94. The molecule has 14 heavy (non-hydrogen) atoms. The van der Waals surface area contributed by atoms with E-state index in [0.29, 0.717) is 5.16 Å². The Kier molecular flexibility index (Phi) is 2.12. The van der Waals surface area contributed by atoms with Gasteiger partial charge in [0.2, 0.25) is 5.82 Å². The Hall–Kier alpha value is -1.57. The van der Waals surface area contributed by atoms with Crippen molar-refractivity contribution in [3.8, 4) is 0 Å². The van der Waals surface area contributed by atoms with Gasteiger partial charge in [-0.3, -0.25) is 9.89 Å². The summed E-state index contributed by atoms with van der Waals surface area (Å²) in [6.07, 6.45) is 0. The summed E-state index contributed by atoms with van der Waals surface area (Å²) in [5, 5.41) is 10.6. The first-order chi connectivity index (χ1) is 6.72. The minimum Gasteiger partial charge on any atom is -0.378 e. The first kappa shape index (κ1) is 9.00. The molecular weight excluding hydrogens is 204 g/mol. The fourth-order valence-electron chi connectivity index (χ4n) is 0.977. The molecule has 0 atom stereocenters. The van der Waals surface area contributed by atoms with Crippen LogP contribution in [0.4, 0.5) is 5.82 Å². The van der Waals surface area contributed by atoms with Crippen molar-refractivity contribution in [2.24, 2.45) is 0 Å². The maximum atomic E-state index is 11.4. The third-order valence-corrected chi connectivity index (χ3v) is 2.30. The van der Waals surface area contributed by atoms with E-state index >= 15 is 0 Å². The molecule has 0 aliphatic rings. The van der Waals surface area contributed by atoms with Crippen LogP contribution in [0.5, 0.6) is 0 Å². The summed E-state index contributed by atoms with van der Waals surface area (Å²) in [6.45, 7) is 1.99. The fraction of sp³-hybridized carbons (Fsp3) is 0.333. The van der Waals surface area contributed by atoms with Crippen LogP contribution >= 0.6 is 11.8 Å². The van der Waals surface area contributed by atoms with Gasteiger partial charge < -0.3 is 5.73 Å². The molecule has 0 aromatic carbocycles. The fourth-order valence-corrected chi connectivity index (χ4v) is 1.55. The predicted molar refractivity (Wildman–Crippen MR) is 52.2 cm³/mol. The van der Waals surface area contributed by atoms with E-state index in [9.17, 15) is 4.79 Å². The van der Waals surface area contributed by atoms with Crippen molar-refractivity contribution < 1.29 is 0 Å². The Bertz CT molecular complexity index is 517. The van der Waals surface area contributed by atoms with Gasteiger partial charge in [-0.1, -0.05) is 18.7 Å². The molecule has 0 amide bonds. The zero-order valence-corrected chi connectivity index (χ0v) is 8.21. The number of nitrogen functional groups attached to an aromatic ring is 1. The quantitative estimate of drug-likeness (QED) is 0.651. The van der Waals surface area contributed by atoms with Gasteiger partial charge >= 0.3 is 5.56 Å². The van der Waals surface area contributed by atoms with Crippen LogP contribution in [0.15, 0.2) is 9.95 Å². The molecular formula is C6H8N6OS. The van der Waals surface area contributed by atoms with Crippen LogP contribution in [-0.2, 0) is 0 Å². The number of aromatic amines is 1. The lowest BCUT2D eigenvalue weighted by Crippen LogP contribution is -2.20. The third-order valence-electron chi connectivity index (χ3n) is 1.56. The number of hydrogen-bond acceptors (Lipinski definition) is 6. The summed E-state index contributed by atoms with van der Waals surface area (Å²) in [4.78, 5) is 15.4. The van der Waals surface area contributed by atoms with E-state index in [0.717, 1.165) is 5.75 Å². The lowest BCUT2D eigenvalue weighted by atomic mass is 10.7. The average Bonchev–Trinajstić information content (AvgIpc) is 2.56. The minimum absolute atomic E-state index is 0.140. The minimum atomic E-state index is -0.426. The molecule has 0 bridgehead atoms. The zero-order chi connectivity index (χ0) is 10.1. The number of rotatable bonds is 2. The number of hydrogen-bond donors (Lipinski definition) is 2. The number of thioether (sulfide) groups is 1. The lowest BCUT2D eigenvalue weighted by molar-refractivity contribution is 0.829. The highest BCUT2D eigenvalue weighted by Gasteiger charge is 2.07.